The zero-order valence-corrected chi connectivity index (χ0v) is 12.4. The highest BCUT2D eigenvalue weighted by Gasteiger charge is 2.27. The maximum absolute atomic E-state index is 12.1. The highest BCUT2D eigenvalue weighted by atomic mass is 16.5. The molecule has 0 atom stereocenters. The number of aromatic carboxylic acids is 1. The molecule has 0 unspecified atom stereocenters. The lowest BCUT2D eigenvalue weighted by Crippen LogP contribution is -2.16. The van der Waals surface area contributed by atoms with Gasteiger partial charge in [-0.05, 0) is 25.1 Å². The van der Waals surface area contributed by atoms with Crippen molar-refractivity contribution < 1.29 is 19.4 Å². The van der Waals surface area contributed by atoms with E-state index in [4.69, 9.17) is 4.74 Å². The maximum Gasteiger partial charge on any atom is 0.359 e. The van der Waals surface area contributed by atoms with Gasteiger partial charge in [0.15, 0.2) is 5.69 Å². The Bertz CT molecular complexity index is 789. The van der Waals surface area contributed by atoms with Crippen LogP contribution in [0.1, 0.15) is 33.5 Å². The van der Waals surface area contributed by atoms with Gasteiger partial charge in [0.2, 0.25) is 0 Å². The van der Waals surface area contributed by atoms with E-state index in [-0.39, 0.29) is 40.4 Å². The van der Waals surface area contributed by atoms with Crippen molar-refractivity contribution >= 4 is 17.6 Å². The molecule has 0 aliphatic carbocycles. The summed E-state index contributed by atoms with van der Waals surface area (Å²) in [5, 5.41) is 19.8. The van der Waals surface area contributed by atoms with E-state index in [2.05, 4.69) is 15.4 Å². The second-order valence-corrected chi connectivity index (χ2v) is 4.52. The molecule has 2 rings (SSSR count). The fourth-order valence-electron chi connectivity index (χ4n) is 2.16. The predicted octanol–water partition coefficient (Wildman–Crippen LogP) is 2.72. The molecule has 0 fully saturated rings. The molecule has 8 nitrogen and oxygen atoms in total. The lowest BCUT2D eigenvalue weighted by molar-refractivity contribution is 0.0519. The molecule has 1 aromatic heterocycles. The number of carboxylic acid groups (broad SMARTS) is 1. The Balaban J connectivity index is 2.86. The number of nitroso groups, excluding NO2 is 1. The van der Waals surface area contributed by atoms with Crippen molar-refractivity contribution in [1.82, 2.24) is 10.2 Å². The molecule has 118 valence electrons. The van der Waals surface area contributed by atoms with Crippen molar-refractivity contribution in [3.63, 3.8) is 0 Å². The Morgan fingerprint density at radius 3 is 2.57 bits per heavy atom. The Morgan fingerprint density at radius 2 is 1.96 bits per heavy atom. The van der Waals surface area contributed by atoms with E-state index >= 15 is 0 Å². The number of ether oxygens (including phenoxy) is 1. The average Bonchev–Trinajstić information content (AvgIpc) is 2.54. The van der Waals surface area contributed by atoms with Crippen LogP contribution in [0, 0.1) is 11.8 Å². The largest absolute Gasteiger partial charge is 0.478 e. The molecule has 2 aromatic rings. The Kier molecular flexibility index (Phi) is 4.75. The molecule has 0 spiro atoms. The van der Waals surface area contributed by atoms with E-state index in [1.165, 1.54) is 19.1 Å². The second-order valence-electron chi connectivity index (χ2n) is 4.52. The molecule has 0 aliphatic heterocycles. The molecule has 0 bridgehead atoms. The topological polar surface area (TPSA) is 119 Å². The van der Waals surface area contributed by atoms with Crippen LogP contribution in [0.3, 0.4) is 0 Å². The Hall–Kier alpha value is -3.16. The number of carboxylic acids is 1. The normalized spacial score (nSPS) is 10.2. The number of benzene rings is 1. The highest BCUT2D eigenvalue weighted by molar-refractivity contribution is 6.06. The minimum Gasteiger partial charge on any atom is -0.478 e. The fourth-order valence-corrected chi connectivity index (χ4v) is 2.16. The summed E-state index contributed by atoms with van der Waals surface area (Å²) < 4.78 is 4.90. The predicted molar refractivity (Wildman–Crippen MR) is 80.6 cm³/mol. The van der Waals surface area contributed by atoms with Gasteiger partial charge in [-0.15, -0.1) is 10.0 Å². The number of esters is 1. The first-order valence-corrected chi connectivity index (χ1v) is 6.71. The van der Waals surface area contributed by atoms with E-state index in [0.717, 1.165) is 0 Å². The fraction of sp³-hybridized carbons (Fsp3) is 0.200. The van der Waals surface area contributed by atoms with Gasteiger partial charge in [-0.1, -0.05) is 18.2 Å². The lowest BCUT2D eigenvalue weighted by Gasteiger charge is -2.13. The second kappa shape index (κ2) is 6.73. The third kappa shape index (κ3) is 3.05. The zero-order valence-electron chi connectivity index (χ0n) is 12.4. The van der Waals surface area contributed by atoms with Gasteiger partial charge < -0.3 is 9.84 Å². The van der Waals surface area contributed by atoms with Crippen molar-refractivity contribution in [3.8, 4) is 11.1 Å². The van der Waals surface area contributed by atoms with E-state index in [1.807, 2.05) is 0 Å². The quantitative estimate of drug-likeness (QED) is 0.665. The lowest BCUT2D eigenvalue weighted by atomic mass is 9.96. The van der Waals surface area contributed by atoms with Gasteiger partial charge >= 0.3 is 11.9 Å². The number of hydrogen-bond acceptors (Lipinski definition) is 7. The third-order valence-electron chi connectivity index (χ3n) is 3.10. The van der Waals surface area contributed by atoms with Crippen molar-refractivity contribution in [3.05, 3.63) is 46.1 Å². The van der Waals surface area contributed by atoms with Crippen LogP contribution in [-0.2, 0) is 4.74 Å². The number of carbonyl (C=O) groups excluding carboxylic acids is 1. The van der Waals surface area contributed by atoms with E-state index in [1.54, 1.807) is 19.1 Å². The molecule has 0 aliphatic rings. The molecular weight excluding hydrogens is 302 g/mol. The summed E-state index contributed by atoms with van der Waals surface area (Å²) in [6.07, 6.45) is 0. The van der Waals surface area contributed by atoms with Crippen LogP contribution in [-0.4, -0.2) is 33.8 Å². The smallest absolute Gasteiger partial charge is 0.359 e. The standard InChI is InChI=1S/C15H13N3O5/c1-3-23-15(21)13-12(9-6-4-5-7-10(9)18-22)11(14(19)20)8(2)16-17-13/h4-7H,3H2,1-2H3,(H,19,20). The molecule has 0 radical (unpaired) electrons. The molecule has 0 amide bonds. The van der Waals surface area contributed by atoms with Crippen molar-refractivity contribution in [2.24, 2.45) is 5.18 Å². The first-order chi connectivity index (χ1) is 11.0. The van der Waals surface area contributed by atoms with Crippen LogP contribution in [0.15, 0.2) is 29.4 Å². The van der Waals surface area contributed by atoms with Crippen molar-refractivity contribution in [2.75, 3.05) is 6.61 Å². The number of hydrogen-bond donors (Lipinski definition) is 1. The minimum absolute atomic E-state index is 0.00653. The summed E-state index contributed by atoms with van der Waals surface area (Å²) in [6.45, 7) is 3.15. The van der Waals surface area contributed by atoms with Gasteiger partial charge in [0, 0.05) is 11.1 Å². The summed E-state index contributed by atoms with van der Waals surface area (Å²) in [4.78, 5) is 34.7. The number of nitrogens with zero attached hydrogens (tertiary/aromatic N) is 3. The van der Waals surface area contributed by atoms with Crippen molar-refractivity contribution in [2.45, 2.75) is 13.8 Å². The van der Waals surface area contributed by atoms with Crippen LogP contribution in [0.4, 0.5) is 5.69 Å². The van der Waals surface area contributed by atoms with Crippen LogP contribution >= 0.6 is 0 Å². The summed E-state index contributed by atoms with van der Waals surface area (Å²) in [7, 11) is 0. The molecular formula is C15H13N3O5. The number of carbonyl (C=O) groups is 2. The average molecular weight is 315 g/mol. The summed E-state index contributed by atoms with van der Waals surface area (Å²) in [5.41, 5.74) is -0.237. The third-order valence-corrected chi connectivity index (χ3v) is 3.10. The van der Waals surface area contributed by atoms with Gasteiger partial charge in [-0.25, -0.2) is 9.59 Å². The van der Waals surface area contributed by atoms with Gasteiger partial charge in [-0.3, -0.25) is 0 Å². The zero-order chi connectivity index (χ0) is 17.0. The van der Waals surface area contributed by atoms with Gasteiger partial charge in [0.25, 0.3) is 0 Å². The molecule has 1 heterocycles. The highest BCUT2D eigenvalue weighted by Crippen LogP contribution is 2.35. The minimum atomic E-state index is -1.29. The molecule has 8 heteroatoms. The SMILES string of the molecule is CCOC(=O)c1nnc(C)c(C(=O)O)c1-c1ccccc1N=O. The summed E-state index contributed by atoms with van der Waals surface area (Å²) in [6, 6.07) is 6.08. The molecule has 1 N–H and O–H groups in total. The molecule has 23 heavy (non-hydrogen) atoms. The van der Waals surface area contributed by atoms with Gasteiger partial charge in [0.1, 0.15) is 5.69 Å². The Morgan fingerprint density at radius 1 is 1.26 bits per heavy atom. The van der Waals surface area contributed by atoms with Gasteiger partial charge in [0.05, 0.1) is 17.9 Å². The van der Waals surface area contributed by atoms with Crippen LogP contribution in [0.5, 0.6) is 0 Å². The monoisotopic (exact) mass is 315 g/mol. The van der Waals surface area contributed by atoms with E-state index in [0.29, 0.717) is 0 Å². The van der Waals surface area contributed by atoms with E-state index in [9.17, 15) is 19.6 Å². The summed E-state index contributed by atoms with van der Waals surface area (Å²) in [5.74, 6) is -2.11. The van der Waals surface area contributed by atoms with Gasteiger partial charge in [-0.2, -0.15) is 5.10 Å². The van der Waals surface area contributed by atoms with Crippen molar-refractivity contribution in [1.29, 1.82) is 0 Å². The van der Waals surface area contributed by atoms with E-state index < -0.39 is 11.9 Å². The van der Waals surface area contributed by atoms with Crippen LogP contribution < -0.4 is 0 Å². The summed E-state index contributed by atoms with van der Waals surface area (Å²) >= 11 is 0. The first kappa shape index (κ1) is 16.2. The van der Waals surface area contributed by atoms with Crippen LogP contribution in [0.2, 0.25) is 0 Å². The number of aryl methyl sites for hydroxylation is 1. The molecule has 0 saturated heterocycles. The Labute approximate surface area is 131 Å². The molecule has 1 aromatic carbocycles. The first-order valence-electron chi connectivity index (χ1n) is 6.71. The van der Waals surface area contributed by atoms with Crippen LogP contribution in [0.25, 0.3) is 11.1 Å². The number of rotatable bonds is 5. The number of aromatic nitrogens is 2. The molecule has 0 saturated carbocycles. The maximum atomic E-state index is 12.1.